The van der Waals surface area contributed by atoms with Crippen LogP contribution in [0.1, 0.15) is 74.3 Å². The lowest BCUT2D eigenvalue weighted by molar-refractivity contribution is -0.131. The predicted molar refractivity (Wildman–Crippen MR) is 233 cm³/mol. The summed E-state index contributed by atoms with van der Waals surface area (Å²) in [5.41, 5.74) is 4.93. The number of hydrogen-bond acceptors (Lipinski definition) is 11. The molecule has 0 aliphatic carbocycles. The number of aromatic nitrogens is 2. The minimum absolute atomic E-state index is 0.0335. The van der Waals surface area contributed by atoms with Gasteiger partial charge in [0.1, 0.15) is 17.9 Å². The number of imide groups is 1. The maximum absolute atomic E-state index is 14.0. The fraction of sp³-hybridized carbons (Fsp3) is 0.348. The van der Waals surface area contributed by atoms with Crippen LogP contribution in [0.2, 0.25) is 0 Å². The molecular weight excluding hydrogens is 829 g/mol. The Bertz CT molecular complexity index is 2620. The van der Waals surface area contributed by atoms with Crippen molar-refractivity contribution in [2.24, 2.45) is 0 Å². The molecule has 16 nitrogen and oxygen atoms in total. The number of fused-ring (bicyclic) bond motifs is 2. The van der Waals surface area contributed by atoms with Crippen molar-refractivity contribution >= 4 is 63.3 Å². The third-order valence-corrected chi connectivity index (χ3v) is 12.3. The highest BCUT2D eigenvalue weighted by Crippen LogP contribution is 2.32. The highest BCUT2D eigenvalue weighted by molar-refractivity contribution is 6.22. The van der Waals surface area contributed by atoms with Crippen LogP contribution in [0.15, 0.2) is 72.8 Å². The summed E-state index contributed by atoms with van der Waals surface area (Å²) < 4.78 is 33.3. The third kappa shape index (κ3) is 8.96. The van der Waals surface area contributed by atoms with Crippen molar-refractivity contribution < 1.29 is 42.6 Å². The van der Waals surface area contributed by atoms with Crippen molar-refractivity contribution in [2.45, 2.75) is 56.8 Å². The Kier molecular flexibility index (Phi) is 12.0. The monoisotopic (exact) mass is 875 g/mol. The van der Waals surface area contributed by atoms with Crippen LogP contribution in [0.3, 0.4) is 0 Å². The Hall–Kier alpha value is -6.92. The van der Waals surface area contributed by atoms with E-state index in [1.165, 1.54) is 12.1 Å². The number of aromatic amines is 1. The highest BCUT2D eigenvalue weighted by atomic mass is 19.1. The average molecular weight is 876 g/mol. The highest BCUT2D eigenvalue weighted by Gasteiger charge is 2.44. The normalized spacial score (nSPS) is 19.2. The number of piperazine rings is 1. The van der Waals surface area contributed by atoms with E-state index in [1.54, 1.807) is 24.3 Å². The molecule has 4 aromatic carbocycles. The molecule has 0 radical (unpaired) electrons. The molecule has 5 amide bonds. The fourth-order valence-electron chi connectivity index (χ4n) is 8.90. The van der Waals surface area contributed by atoms with E-state index in [1.807, 2.05) is 35.2 Å². The van der Waals surface area contributed by atoms with Gasteiger partial charge in [0.05, 0.1) is 28.2 Å². The van der Waals surface area contributed by atoms with Crippen molar-refractivity contribution in [1.29, 1.82) is 0 Å². The summed E-state index contributed by atoms with van der Waals surface area (Å²) in [5, 5.41) is 30.5. The Morgan fingerprint density at radius 1 is 0.844 bits per heavy atom. The Balaban J connectivity index is 0.818. The van der Waals surface area contributed by atoms with E-state index in [9.17, 15) is 37.9 Å². The van der Waals surface area contributed by atoms with Gasteiger partial charge in [-0.1, -0.05) is 6.07 Å². The van der Waals surface area contributed by atoms with E-state index in [0.717, 1.165) is 35.1 Å². The number of anilines is 4. The van der Waals surface area contributed by atoms with Gasteiger partial charge in [-0.25, -0.2) is 8.78 Å². The van der Waals surface area contributed by atoms with Gasteiger partial charge in [-0.15, -0.1) is 0 Å². The van der Waals surface area contributed by atoms with Gasteiger partial charge in [-0.3, -0.25) is 34.0 Å². The number of aliphatic hydroxyl groups is 1. The molecular formula is C46H47F2N9O7. The molecule has 1 aromatic heterocycles. The molecule has 3 saturated heterocycles. The first-order valence-corrected chi connectivity index (χ1v) is 21.4. The van der Waals surface area contributed by atoms with Crippen LogP contribution in [-0.4, -0.2) is 119 Å². The molecule has 18 heteroatoms. The molecule has 2 atom stereocenters. The first-order valence-electron chi connectivity index (χ1n) is 21.4. The molecule has 2 unspecified atom stereocenters. The lowest BCUT2D eigenvalue weighted by Crippen LogP contribution is -2.57. The second-order valence-corrected chi connectivity index (χ2v) is 16.5. The second kappa shape index (κ2) is 18.1. The van der Waals surface area contributed by atoms with Crippen LogP contribution >= 0.6 is 0 Å². The number of benzene rings is 4. The van der Waals surface area contributed by atoms with Crippen LogP contribution in [0.5, 0.6) is 0 Å². The Labute approximate surface area is 366 Å². The fourth-order valence-corrected chi connectivity index (χ4v) is 8.90. The number of amides is 5. The number of piperidine rings is 1. The zero-order valence-corrected chi connectivity index (χ0v) is 34.8. The third-order valence-electron chi connectivity index (χ3n) is 12.3. The number of halogens is 2. The molecule has 0 bridgehead atoms. The summed E-state index contributed by atoms with van der Waals surface area (Å²) >= 11 is 0. The summed E-state index contributed by atoms with van der Waals surface area (Å²) in [6.07, 6.45) is 0.966. The van der Waals surface area contributed by atoms with E-state index in [0.29, 0.717) is 85.2 Å². The van der Waals surface area contributed by atoms with Crippen LogP contribution < -0.4 is 26.2 Å². The number of hydrogen-bond donors (Lipinski definition) is 6. The van der Waals surface area contributed by atoms with Crippen molar-refractivity contribution in [1.82, 2.24) is 25.3 Å². The van der Waals surface area contributed by atoms with E-state index in [2.05, 4.69) is 36.4 Å². The van der Waals surface area contributed by atoms with Gasteiger partial charge in [-0.2, -0.15) is 5.10 Å². The molecule has 4 aliphatic rings. The van der Waals surface area contributed by atoms with Gasteiger partial charge < -0.3 is 40.9 Å². The van der Waals surface area contributed by atoms with Crippen molar-refractivity contribution in [3.05, 3.63) is 112 Å². The van der Waals surface area contributed by atoms with Gasteiger partial charge >= 0.3 is 0 Å². The number of carbonyl (C=O) groups is 5. The molecule has 4 aliphatic heterocycles. The summed E-state index contributed by atoms with van der Waals surface area (Å²) in [6.45, 7) is 3.64. The van der Waals surface area contributed by atoms with Crippen LogP contribution in [0.4, 0.5) is 31.7 Å². The van der Waals surface area contributed by atoms with E-state index >= 15 is 0 Å². The lowest BCUT2D eigenvalue weighted by atomic mass is 10.0. The SMILES string of the molecule is O=C1CCC(N2C(=O)c3ccc(NCCC(=O)N4CCN(c5ccc(C(=O)Nc6n[nH]c7ccc(Cc8cc(F)cc(F)c8)cc67)c(NC6CCOCC6)c5)CC4)cc3C2=O)C(O)N1. The Morgan fingerprint density at radius 3 is 2.38 bits per heavy atom. The quantitative estimate of drug-likeness (QED) is 0.0957. The summed E-state index contributed by atoms with van der Waals surface area (Å²) in [6, 6.07) is 18.6. The number of rotatable bonds is 12. The van der Waals surface area contributed by atoms with Gasteiger partial charge in [0.2, 0.25) is 11.8 Å². The average Bonchev–Trinajstić information content (AvgIpc) is 3.79. The molecule has 332 valence electrons. The summed E-state index contributed by atoms with van der Waals surface area (Å²) in [7, 11) is 0. The smallest absolute Gasteiger partial charge is 0.262 e. The second-order valence-electron chi connectivity index (χ2n) is 16.5. The van der Waals surface area contributed by atoms with E-state index in [-0.39, 0.29) is 60.6 Å². The number of H-pyrrole nitrogens is 1. The molecule has 6 N–H and O–H groups in total. The predicted octanol–water partition coefficient (Wildman–Crippen LogP) is 4.62. The molecule has 9 rings (SSSR count). The Morgan fingerprint density at radius 2 is 1.61 bits per heavy atom. The van der Waals surface area contributed by atoms with Gasteiger partial charge in [0.15, 0.2) is 5.82 Å². The minimum atomic E-state index is -1.34. The molecule has 0 spiro atoms. The van der Waals surface area contributed by atoms with Crippen molar-refractivity contribution in [2.75, 3.05) is 66.8 Å². The standard InChI is InChI=1S/C46H47F2N9O7/c47-28-20-27(21-29(48)23-28)19-26-1-6-37-36(22-26)42(54-53-37)52-43(60)34-5-3-32(25-38(34)50-30-10-17-64-18-11-30)55-13-15-56(16-14-55)41(59)9-12-49-31-2-4-33-35(24-31)46(63)57(45(33)62)39-7-8-40(58)51-44(39)61/h1-6,20-25,30,39,44,49-50,61H,7-19H2,(H,51,58)(H2,52,53,54,60). The minimum Gasteiger partial charge on any atom is -0.385 e. The number of aliphatic hydroxyl groups excluding tert-OH is 1. The molecule has 5 aromatic rings. The number of nitrogens with one attached hydrogen (secondary N) is 5. The first kappa shape index (κ1) is 42.4. The van der Waals surface area contributed by atoms with Gasteiger partial charge in [0.25, 0.3) is 17.7 Å². The molecule has 5 heterocycles. The summed E-state index contributed by atoms with van der Waals surface area (Å²) in [5.74, 6) is -2.78. The number of ether oxygens (including phenoxy) is 1. The maximum Gasteiger partial charge on any atom is 0.262 e. The lowest BCUT2D eigenvalue weighted by Gasteiger charge is -2.36. The van der Waals surface area contributed by atoms with Gasteiger partial charge in [-0.05, 0) is 97.5 Å². The molecule has 0 saturated carbocycles. The van der Waals surface area contributed by atoms with E-state index < -0.39 is 35.7 Å². The zero-order valence-electron chi connectivity index (χ0n) is 34.8. The van der Waals surface area contributed by atoms with Gasteiger partial charge in [0, 0.05) is 93.3 Å². The topological polar surface area (TPSA) is 201 Å². The van der Waals surface area contributed by atoms with Crippen LogP contribution in [0, 0.1) is 11.6 Å². The van der Waals surface area contributed by atoms with Crippen molar-refractivity contribution in [3.63, 3.8) is 0 Å². The van der Waals surface area contributed by atoms with E-state index in [4.69, 9.17) is 4.74 Å². The number of nitrogens with zero attached hydrogens (tertiary/aromatic N) is 4. The zero-order chi connectivity index (χ0) is 44.5. The van der Waals surface area contributed by atoms with Crippen molar-refractivity contribution in [3.8, 4) is 0 Å². The molecule has 64 heavy (non-hydrogen) atoms. The molecule has 3 fully saturated rings. The van der Waals surface area contributed by atoms with Crippen LogP contribution in [-0.2, 0) is 20.7 Å². The van der Waals surface area contributed by atoms with Crippen LogP contribution in [0.25, 0.3) is 10.9 Å². The number of carbonyl (C=O) groups excluding carboxylic acids is 5. The maximum atomic E-state index is 14.0. The largest absolute Gasteiger partial charge is 0.385 e. The first-order chi connectivity index (χ1) is 31.0. The summed E-state index contributed by atoms with van der Waals surface area (Å²) in [4.78, 5) is 70.4.